The minimum Gasteiger partial charge on any atom is -0.478 e. The smallest absolute Gasteiger partial charge is 0.335 e. The number of hydrogen-bond donors (Lipinski definition) is 2. The zero-order valence-corrected chi connectivity index (χ0v) is 18.0. The lowest BCUT2D eigenvalue weighted by atomic mass is 10.0. The van der Waals surface area contributed by atoms with Crippen LogP contribution in [0.5, 0.6) is 0 Å². The highest BCUT2D eigenvalue weighted by Crippen LogP contribution is 2.33. The third-order valence-electron chi connectivity index (χ3n) is 5.24. The first-order chi connectivity index (χ1) is 15.7. The highest BCUT2D eigenvalue weighted by Gasteiger charge is 2.37. The number of rotatable bonds is 6. The lowest BCUT2D eigenvalue weighted by Gasteiger charge is -2.18. The standard InChI is InChI=1S/C22H18N2O8S/c25-18(23-5-1-2-6-23)11-24-19(26)17(33-22(24)31)10-15-3-4-16(32-15)12-7-13(20(27)28)9-14(8-12)21(29)30/h3-4,7-10H,1-2,5-6,11H2,(H,27,28)(H,29,30)/b17-10+. The van der Waals surface area contributed by atoms with Gasteiger partial charge in [-0.3, -0.25) is 19.3 Å². The van der Waals surface area contributed by atoms with Crippen LogP contribution in [0.2, 0.25) is 0 Å². The molecule has 2 aromatic rings. The number of amides is 3. The number of carboxylic acids is 2. The summed E-state index contributed by atoms with van der Waals surface area (Å²) in [5.41, 5.74) is -0.199. The molecule has 2 N–H and O–H groups in total. The second-order valence-corrected chi connectivity index (χ2v) is 8.46. The first kappa shape index (κ1) is 22.3. The molecule has 0 bridgehead atoms. The van der Waals surface area contributed by atoms with Crippen LogP contribution in [0.25, 0.3) is 17.4 Å². The molecular weight excluding hydrogens is 452 g/mol. The summed E-state index contributed by atoms with van der Waals surface area (Å²) in [6, 6.07) is 6.59. The number of benzene rings is 1. The second kappa shape index (κ2) is 8.94. The number of imide groups is 1. The molecule has 10 nitrogen and oxygen atoms in total. The summed E-state index contributed by atoms with van der Waals surface area (Å²) in [5.74, 6) is -3.05. The van der Waals surface area contributed by atoms with Crippen LogP contribution < -0.4 is 0 Å². The van der Waals surface area contributed by atoms with Gasteiger partial charge in [0.15, 0.2) is 0 Å². The molecular formula is C22H18N2O8S. The highest BCUT2D eigenvalue weighted by atomic mass is 32.2. The molecule has 0 saturated carbocycles. The Morgan fingerprint density at radius 2 is 1.64 bits per heavy atom. The molecule has 11 heteroatoms. The fraction of sp³-hybridized carbons (Fsp3) is 0.227. The first-order valence-electron chi connectivity index (χ1n) is 9.98. The van der Waals surface area contributed by atoms with Crippen LogP contribution >= 0.6 is 11.8 Å². The number of hydrogen-bond acceptors (Lipinski definition) is 7. The third-order valence-corrected chi connectivity index (χ3v) is 6.14. The molecule has 2 fully saturated rings. The largest absolute Gasteiger partial charge is 0.478 e. The Hall–Kier alpha value is -3.86. The molecule has 2 aliphatic heterocycles. The maximum Gasteiger partial charge on any atom is 0.335 e. The lowest BCUT2D eigenvalue weighted by Crippen LogP contribution is -2.40. The minimum absolute atomic E-state index is 0.0839. The highest BCUT2D eigenvalue weighted by molar-refractivity contribution is 8.18. The number of carbonyl (C=O) groups is 5. The Balaban J connectivity index is 1.54. The van der Waals surface area contributed by atoms with Gasteiger partial charge in [-0.25, -0.2) is 9.59 Å². The van der Waals surface area contributed by atoms with Gasteiger partial charge in [-0.2, -0.15) is 0 Å². The van der Waals surface area contributed by atoms with E-state index in [4.69, 9.17) is 4.42 Å². The monoisotopic (exact) mass is 470 g/mol. The van der Waals surface area contributed by atoms with E-state index >= 15 is 0 Å². The number of carbonyl (C=O) groups excluding carboxylic acids is 3. The molecule has 0 unspecified atom stereocenters. The summed E-state index contributed by atoms with van der Waals surface area (Å²) in [4.78, 5) is 62.5. The van der Waals surface area contributed by atoms with Gasteiger partial charge >= 0.3 is 11.9 Å². The van der Waals surface area contributed by atoms with Crippen LogP contribution in [0.3, 0.4) is 0 Å². The van der Waals surface area contributed by atoms with Gasteiger partial charge in [0.05, 0.1) is 16.0 Å². The van der Waals surface area contributed by atoms with E-state index in [9.17, 15) is 34.2 Å². The van der Waals surface area contributed by atoms with Crippen LogP contribution in [-0.4, -0.2) is 68.6 Å². The van der Waals surface area contributed by atoms with E-state index in [-0.39, 0.29) is 45.6 Å². The van der Waals surface area contributed by atoms with Crippen molar-refractivity contribution in [2.75, 3.05) is 19.6 Å². The fourth-order valence-electron chi connectivity index (χ4n) is 3.57. The molecule has 2 saturated heterocycles. The molecule has 2 aliphatic rings. The molecule has 3 heterocycles. The van der Waals surface area contributed by atoms with Crippen LogP contribution in [0.1, 0.15) is 39.3 Å². The molecule has 0 spiro atoms. The van der Waals surface area contributed by atoms with Gasteiger partial charge in [0.2, 0.25) is 5.91 Å². The van der Waals surface area contributed by atoms with Crippen molar-refractivity contribution in [3.63, 3.8) is 0 Å². The summed E-state index contributed by atoms with van der Waals surface area (Å²) >= 11 is 0.691. The zero-order valence-electron chi connectivity index (χ0n) is 17.1. The van der Waals surface area contributed by atoms with E-state index < -0.39 is 23.1 Å². The van der Waals surface area contributed by atoms with Crippen molar-refractivity contribution in [3.05, 3.63) is 52.1 Å². The molecule has 0 aliphatic carbocycles. The summed E-state index contributed by atoms with van der Waals surface area (Å²) < 4.78 is 5.65. The van der Waals surface area contributed by atoms with Crippen molar-refractivity contribution in [2.24, 2.45) is 0 Å². The van der Waals surface area contributed by atoms with Gasteiger partial charge in [0, 0.05) is 24.7 Å². The molecule has 4 rings (SSSR count). The third kappa shape index (κ3) is 4.67. The van der Waals surface area contributed by atoms with Crippen molar-refractivity contribution in [3.8, 4) is 11.3 Å². The van der Waals surface area contributed by atoms with E-state index in [1.807, 2.05) is 0 Å². The summed E-state index contributed by atoms with van der Waals surface area (Å²) in [6.45, 7) is 0.921. The van der Waals surface area contributed by atoms with E-state index in [2.05, 4.69) is 0 Å². The van der Waals surface area contributed by atoms with E-state index in [1.165, 1.54) is 30.3 Å². The quantitative estimate of drug-likeness (QED) is 0.608. The normalized spacial score (nSPS) is 17.3. The van der Waals surface area contributed by atoms with Crippen LogP contribution in [-0.2, 0) is 9.59 Å². The number of thioether (sulfide) groups is 1. The van der Waals surface area contributed by atoms with E-state index in [0.717, 1.165) is 23.8 Å². The Bertz CT molecular complexity index is 1180. The SMILES string of the molecule is O=C(O)c1cc(C(=O)O)cc(-c2ccc(/C=C3/SC(=O)N(CC(=O)N4CCCC4)C3=O)o2)c1. The van der Waals surface area contributed by atoms with Crippen molar-refractivity contribution in [1.29, 1.82) is 0 Å². The number of nitrogens with zero attached hydrogens (tertiary/aromatic N) is 2. The molecule has 33 heavy (non-hydrogen) atoms. The average molecular weight is 470 g/mol. The van der Waals surface area contributed by atoms with Gasteiger partial charge in [0.25, 0.3) is 11.1 Å². The van der Waals surface area contributed by atoms with Gasteiger partial charge in [0.1, 0.15) is 18.1 Å². The number of furan rings is 1. The van der Waals surface area contributed by atoms with Crippen molar-refractivity contribution in [1.82, 2.24) is 9.80 Å². The molecule has 1 aromatic carbocycles. The van der Waals surface area contributed by atoms with E-state index in [0.29, 0.717) is 24.9 Å². The Labute approximate surface area is 191 Å². The Morgan fingerprint density at radius 1 is 1.00 bits per heavy atom. The Kier molecular flexibility index (Phi) is 6.05. The van der Waals surface area contributed by atoms with Crippen molar-refractivity contribution >= 4 is 46.8 Å². The Morgan fingerprint density at radius 3 is 2.24 bits per heavy atom. The summed E-state index contributed by atoms with van der Waals surface area (Å²) in [5, 5.41) is 17.9. The number of likely N-dealkylation sites (tertiary alicyclic amines) is 1. The fourth-order valence-corrected chi connectivity index (χ4v) is 4.39. The summed E-state index contributed by atoms with van der Waals surface area (Å²) in [7, 11) is 0. The van der Waals surface area contributed by atoms with Crippen molar-refractivity contribution < 1.29 is 38.6 Å². The predicted molar refractivity (Wildman–Crippen MR) is 117 cm³/mol. The maximum atomic E-state index is 12.7. The van der Waals surface area contributed by atoms with Crippen LogP contribution in [0, 0.1) is 0 Å². The molecule has 0 atom stereocenters. The molecule has 1 aromatic heterocycles. The van der Waals surface area contributed by atoms with Gasteiger partial charge in [-0.05, 0) is 54.9 Å². The van der Waals surface area contributed by atoms with Gasteiger partial charge in [-0.15, -0.1) is 0 Å². The van der Waals surface area contributed by atoms with Crippen LogP contribution in [0.15, 0.2) is 39.7 Å². The molecule has 170 valence electrons. The molecule has 0 radical (unpaired) electrons. The van der Waals surface area contributed by atoms with E-state index in [1.54, 1.807) is 4.90 Å². The second-order valence-electron chi connectivity index (χ2n) is 7.47. The van der Waals surface area contributed by atoms with Gasteiger partial charge in [-0.1, -0.05) is 0 Å². The zero-order chi connectivity index (χ0) is 23.7. The van der Waals surface area contributed by atoms with Crippen LogP contribution in [0.4, 0.5) is 4.79 Å². The lowest BCUT2D eigenvalue weighted by molar-refractivity contribution is -0.135. The van der Waals surface area contributed by atoms with Gasteiger partial charge < -0.3 is 19.5 Å². The summed E-state index contributed by atoms with van der Waals surface area (Å²) in [6.07, 6.45) is 3.16. The topological polar surface area (TPSA) is 145 Å². The molecule has 3 amide bonds. The maximum absolute atomic E-state index is 12.7. The number of carboxylic acid groups (broad SMARTS) is 2. The predicted octanol–water partition coefficient (Wildman–Crippen LogP) is 3.00. The van der Waals surface area contributed by atoms with Crippen molar-refractivity contribution in [2.45, 2.75) is 12.8 Å². The number of aromatic carboxylic acids is 2. The minimum atomic E-state index is -1.29. The first-order valence-corrected chi connectivity index (χ1v) is 10.8. The average Bonchev–Trinajstić information content (AvgIpc) is 3.52.